The third-order valence-electron chi connectivity index (χ3n) is 6.56. The highest BCUT2D eigenvalue weighted by atomic mass is 35.5. The smallest absolute Gasteiger partial charge is 0.324 e. The van der Waals surface area contributed by atoms with Crippen LogP contribution in [0.15, 0.2) is 59.8 Å². The Morgan fingerprint density at radius 2 is 1.79 bits per heavy atom. The molecule has 4 heterocycles. The van der Waals surface area contributed by atoms with E-state index in [9.17, 15) is 9.59 Å². The number of imidazole rings is 1. The summed E-state index contributed by atoms with van der Waals surface area (Å²) in [6, 6.07) is 11.3. The first-order valence-electron chi connectivity index (χ1n) is 11.4. The molecule has 0 N–H and O–H groups in total. The maximum absolute atomic E-state index is 13.3. The van der Waals surface area contributed by atoms with Crippen LogP contribution in [0.2, 0.25) is 5.02 Å². The van der Waals surface area contributed by atoms with Gasteiger partial charge in [0.2, 0.25) is 0 Å². The second kappa shape index (κ2) is 9.38. The van der Waals surface area contributed by atoms with Gasteiger partial charge in [-0.15, -0.1) is 0 Å². The van der Waals surface area contributed by atoms with Crippen LogP contribution in [0.1, 0.15) is 24.8 Å². The van der Waals surface area contributed by atoms with E-state index in [-0.39, 0.29) is 6.03 Å². The first-order chi connectivity index (χ1) is 16.5. The normalized spacial score (nSPS) is 14.6. The number of hydrogen-bond donors (Lipinski definition) is 0. The molecule has 0 spiro atoms. The fraction of sp³-hybridized carbons (Fsp3) is 0.320. The quantitative estimate of drug-likeness (QED) is 0.441. The van der Waals surface area contributed by atoms with Crippen LogP contribution in [0.25, 0.3) is 22.6 Å². The average molecular weight is 477 g/mol. The predicted octanol–water partition coefficient (Wildman–Crippen LogP) is 4.16. The van der Waals surface area contributed by atoms with Crippen LogP contribution in [-0.4, -0.2) is 48.1 Å². The number of carbonyl (C=O) groups excluding carboxylic acids is 1. The summed E-state index contributed by atoms with van der Waals surface area (Å²) in [5, 5.41) is 0.748. The zero-order valence-corrected chi connectivity index (χ0v) is 19.6. The van der Waals surface area contributed by atoms with Crippen molar-refractivity contribution in [2.75, 3.05) is 13.1 Å². The maximum atomic E-state index is 13.3. The number of pyridine rings is 1. The van der Waals surface area contributed by atoms with Crippen molar-refractivity contribution in [3.8, 4) is 11.4 Å². The number of nitrogens with zero attached hydrogens (tertiary/aromatic N) is 6. The fourth-order valence-corrected chi connectivity index (χ4v) is 4.64. The lowest BCUT2D eigenvalue weighted by Crippen LogP contribution is -2.44. The van der Waals surface area contributed by atoms with E-state index in [1.165, 1.54) is 14.7 Å². The minimum atomic E-state index is -0.411. The molecule has 1 aliphatic rings. The van der Waals surface area contributed by atoms with Gasteiger partial charge in [-0.05, 0) is 61.4 Å². The third-order valence-corrected chi connectivity index (χ3v) is 6.81. The van der Waals surface area contributed by atoms with Crippen LogP contribution < -0.4 is 5.69 Å². The zero-order valence-electron chi connectivity index (χ0n) is 18.9. The van der Waals surface area contributed by atoms with Crippen molar-refractivity contribution < 1.29 is 4.79 Å². The average Bonchev–Trinajstić information content (AvgIpc) is 3.13. The molecular weight excluding hydrogens is 452 g/mol. The summed E-state index contributed by atoms with van der Waals surface area (Å²) in [6.45, 7) is 1.26. The molecule has 1 aliphatic heterocycles. The summed E-state index contributed by atoms with van der Waals surface area (Å²) in [5.41, 5.74) is 2.50. The van der Waals surface area contributed by atoms with E-state index >= 15 is 0 Å². The molecule has 4 aromatic rings. The number of piperidine rings is 1. The van der Waals surface area contributed by atoms with Crippen LogP contribution in [0.5, 0.6) is 0 Å². The number of hydrogen-bond acceptors (Lipinski definition) is 5. The van der Waals surface area contributed by atoms with Gasteiger partial charge in [0.25, 0.3) is 0 Å². The van der Waals surface area contributed by atoms with Crippen molar-refractivity contribution in [2.45, 2.75) is 25.7 Å². The maximum Gasteiger partial charge on any atom is 0.338 e. The number of fused-ring (bicyclic) bond motifs is 1. The first-order valence-corrected chi connectivity index (χ1v) is 11.8. The Bertz CT molecular complexity index is 1370. The second-order valence-electron chi connectivity index (χ2n) is 8.69. The van der Waals surface area contributed by atoms with Gasteiger partial charge in [0.1, 0.15) is 5.52 Å². The summed E-state index contributed by atoms with van der Waals surface area (Å²) < 4.78 is 2.60. The Morgan fingerprint density at radius 3 is 2.50 bits per heavy atom. The van der Waals surface area contributed by atoms with Crippen molar-refractivity contribution in [3.05, 3.63) is 76.1 Å². The van der Waals surface area contributed by atoms with Crippen LogP contribution in [0, 0.1) is 5.92 Å². The monoisotopic (exact) mass is 476 g/mol. The molecule has 5 rings (SSSR count). The Balaban J connectivity index is 1.29. The molecule has 0 unspecified atom stereocenters. The third kappa shape index (κ3) is 4.33. The van der Waals surface area contributed by atoms with Crippen molar-refractivity contribution >= 4 is 28.8 Å². The van der Waals surface area contributed by atoms with E-state index in [0.29, 0.717) is 36.0 Å². The summed E-state index contributed by atoms with van der Waals surface area (Å²) in [6.07, 6.45) is 8.78. The van der Waals surface area contributed by atoms with Crippen molar-refractivity contribution in [2.24, 2.45) is 13.0 Å². The second-order valence-corrected chi connectivity index (χ2v) is 9.13. The molecule has 0 aliphatic carbocycles. The number of aromatic nitrogens is 5. The molecule has 0 saturated carbocycles. The van der Waals surface area contributed by atoms with Gasteiger partial charge < -0.3 is 4.90 Å². The molecule has 9 heteroatoms. The first kappa shape index (κ1) is 22.3. The van der Waals surface area contributed by atoms with E-state index < -0.39 is 5.69 Å². The Morgan fingerprint density at radius 1 is 1.09 bits per heavy atom. The lowest BCUT2D eigenvalue weighted by atomic mass is 9.90. The fourth-order valence-electron chi connectivity index (χ4n) is 4.52. The molecule has 0 atom stereocenters. The highest BCUT2D eigenvalue weighted by Crippen LogP contribution is 2.24. The summed E-state index contributed by atoms with van der Waals surface area (Å²) in [4.78, 5) is 41.0. The summed E-state index contributed by atoms with van der Waals surface area (Å²) >= 11 is 5.97. The van der Waals surface area contributed by atoms with Crippen molar-refractivity contribution in [1.29, 1.82) is 0 Å². The van der Waals surface area contributed by atoms with E-state index in [2.05, 4.69) is 27.1 Å². The lowest BCUT2D eigenvalue weighted by molar-refractivity contribution is 0.169. The molecule has 1 saturated heterocycles. The van der Waals surface area contributed by atoms with E-state index in [0.717, 1.165) is 36.3 Å². The lowest BCUT2D eigenvalue weighted by Gasteiger charge is -2.31. The van der Waals surface area contributed by atoms with Crippen LogP contribution in [0.4, 0.5) is 4.79 Å². The van der Waals surface area contributed by atoms with Crippen LogP contribution in [0.3, 0.4) is 0 Å². The molecule has 8 nitrogen and oxygen atoms in total. The van der Waals surface area contributed by atoms with Crippen molar-refractivity contribution in [1.82, 2.24) is 29.0 Å². The number of likely N-dealkylation sites (tertiary alicyclic amines) is 1. The molecule has 0 radical (unpaired) electrons. The molecule has 1 fully saturated rings. The molecular formula is C25H25ClN6O2. The number of halogens is 1. The molecule has 3 aromatic heterocycles. The van der Waals surface area contributed by atoms with Crippen LogP contribution in [-0.2, 0) is 13.5 Å². The Kier molecular flexibility index (Phi) is 6.15. The number of rotatable bonds is 4. The highest BCUT2D eigenvalue weighted by Gasteiger charge is 2.27. The molecule has 34 heavy (non-hydrogen) atoms. The minimum absolute atomic E-state index is 0.313. The Hall–Kier alpha value is -3.52. The zero-order chi connectivity index (χ0) is 23.7. The van der Waals surface area contributed by atoms with E-state index in [4.69, 9.17) is 11.6 Å². The highest BCUT2D eigenvalue weighted by molar-refractivity contribution is 6.30. The van der Waals surface area contributed by atoms with Gasteiger partial charge in [0, 0.05) is 43.1 Å². The minimum Gasteiger partial charge on any atom is -0.324 e. The van der Waals surface area contributed by atoms with Gasteiger partial charge in [-0.1, -0.05) is 23.7 Å². The SMILES string of the molecule is Cn1c(=O)n(C(=O)N2CCC(CCc3ccc(Cl)cc3)CC2)c2cnc(-c3ccncc3)nc21. The van der Waals surface area contributed by atoms with Gasteiger partial charge in [-0.2, -0.15) is 0 Å². The molecule has 174 valence electrons. The summed E-state index contributed by atoms with van der Waals surface area (Å²) in [7, 11) is 1.63. The number of carbonyl (C=O) groups is 1. The molecule has 1 amide bonds. The summed E-state index contributed by atoms with van der Waals surface area (Å²) in [5.74, 6) is 1.03. The van der Waals surface area contributed by atoms with Gasteiger partial charge in [0.15, 0.2) is 11.5 Å². The van der Waals surface area contributed by atoms with Gasteiger partial charge in [0.05, 0.1) is 6.20 Å². The van der Waals surface area contributed by atoms with Gasteiger partial charge >= 0.3 is 11.7 Å². The number of benzene rings is 1. The molecule has 1 aromatic carbocycles. The Labute approximate surface area is 201 Å². The van der Waals surface area contributed by atoms with Gasteiger partial charge in [-0.3, -0.25) is 9.55 Å². The van der Waals surface area contributed by atoms with Gasteiger partial charge in [-0.25, -0.2) is 24.1 Å². The van der Waals surface area contributed by atoms with E-state index in [1.54, 1.807) is 42.7 Å². The number of amides is 1. The predicted molar refractivity (Wildman–Crippen MR) is 131 cm³/mol. The van der Waals surface area contributed by atoms with Crippen molar-refractivity contribution in [3.63, 3.8) is 0 Å². The molecule has 0 bridgehead atoms. The van der Waals surface area contributed by atoms with Crippen LogP contribution >= 0.6 is 11.6 Å². The standard InChI is InChI=1S/C25H25ClN6O2/c1-30-23-21(16-28-22(29-23)19-8-12-27-13-9-19)32(24(30)33)25(34)31-14-10-18(11-15-31)3-2-17-4-6-20(26)7-5-17/h4-9,12-13,16,18H,2-3,10-11,14-15H2,1H3. The topological polar surface area (TPSA) is 85.9 Å². The van der Waals surface area contributed by atoms with E-state index in [1.807, 2.05) is 12.1 Å². The number of aryl methyl sites for hydroxylation is 2. The largest absolute Gasteiger partial charge is 0.338 e.